The van der Waals surface area contributed by atoms with Gasteiger partial charge in [-0.3, -0.25) is 9.59 Å². The van der Waals surface area contributed by atoms with Crippen molar-refractivity contribution in [2.45, 2.75) is 297 Å². The summed E-state index contributed by atoms with van der Waals surface area (Å²) in [6.07, 6.45) is 50.4. The first-order valence-corrected chi connectivity index (χ1v) is 28.3. The molecule has 0 aromatic rings. The summed E-state index contributed by atoms with van der Waals surface area (Å²) >= 11 is 0. The number of esters is 2. The van der Waals surface area contributed by atoms with Crippen molar-refractivity contribution in [2.75, 3.05) is 45.9 Å². The smallest absolute Gasteiger partial charge is 0.306 e. The predicted octanol–water partition coefficient (Wildman–Crippen LogP) is 16.7. The molecule has 0 bridgehead atoms. The normalized spacial score (nSPS) is 13.3. The van der Waals surface area contributed by atoms with Gasteiger partial charge in [0.15, 0.2) is 0 Å². The van der Waals surface area contributed by atoms with Crippen LogP contribution in [0.3, 0.4) is 0 Å². The van der Waals surface area contributed by atoms with Crippen LogP contribution in [0.4, 0.5) is 0 Å². The average Bonchev–Trinajstić information content (AvgIpc) is 3.80. The molecule has 0 radical (unpaired) electrons. The number of likely N-dealkylation sites (tertiary alicyclic amines) is 1. The maximum absolute atomic E-state index is 12.9. The van der Waals surface area contributed by atoms with E-state index >= 15 is 0 Å². The highest BCUT2D eigenvalue weighted by Crippen LogP contribution is 2.24. The summed E-state index contributed by atoms with van der Waals surface area (Å²) in [5.74, 6) is 0.878. The van der Waals surface area contributed by atoms with E-state index in [1.807, 2.05) is 0 Å². The number of nitrogens with zero attached hydrogens (tertiary/aromatic N) is 2. The Bertz CT molecular complexity index is 911. The van der Waals surface area contributed by atoms with Crippen LogP contribution >= 0.6 is 0 Å². The summed E-state index contributed by atoms with van der Waals surface area (Å²) in [5, 5.41) is 0. The van der Waals surface area contributed by atoms with Crippen molar-refractivity contribution in [1.82, 2.24) is 9.80 Å². The molecule has 1 rings (SSSR count). The third-order valence-corrected chi connectivity index (χ3v) is 13.9. The van der Waals surface area contributed by atoms with Gasteiger partial charge in [-0.15, -0.1) is 0 Å². The number of hydrogen-bond acceptors (Lipinski definition) is 6. The standard InChI is InChI=1S/C56H110N2O4/c1-5-9-13-17-21-29-42-54(43-30-22-18-14-10-6-2)62-56(60)45-32-24-20-26-34-47-57(50-38-51-58-48-35-36-49-58)46-33-25-19-23-31-44-55(59)61-52-37-41-53(39-27-15-11-7-3)40-28-16-12-8-4/h53-54H,5-52H2,1-4H3. The zero-order chi connectivity index (χ0) is 44.8. The van der Waals surface area contributed by atoms with Crippen molar-refractivity contribution in [3.05, 3.63) is 0 Å². The SMILES string of the molecule is CCCCCCCCC(CCCCCCCC)OC(=O)CCCCCCCN(CCCCCCCC(=O)OCCCC(CCCCCC)CCCCCC)CCCN1CCCC1. The average molecular weight is 876 g/mol. The van der Waals surface area contributed by atoms with Crippen LogP contribution in [0.1, 0.15) is 291 Å². The molecule has 0 saturated carbocycles. The number of rotatable bonds is 49. The first kappa shape index (κ1) is 58.9. The van der Waals surface area contributed by atoms with Crippen LogP contribution < -0.4 is 0 Å². The lowest BCUT2D eigenvalue weighted by Gasteiger charge is -2.24. The molecule has 1 heterocycles. The monoisotopic (exact) mass is 875 g/mol. The Kier molecular flexibility index (Phi) is 44.1. The largest absolute Gasteiger partial charge is 0.466 e. The molecular weight excluding hydrogens is 765 g/mol. The molecule has 6 heteroatoms. The van der Waals surface area contributed by atoms with Gasteiger partial charge in [-0.25, -0.2) is 0 Å². The van der Waals surface area contributed by atoms with E-state index in [0.717, 1.165) is 50.9 Å². The zero-order valence-electron chi connectivity index (χ0n) is 42.6. The minimum atomic E-state index is 0.0165. The van der Waals surface area contributed by atoms with Crippen LogP contribution in [0.25, 0.3) is 0 Å². The first-order chi connectivity index (χ1) is 30.5. The van der Waals surface area contributed by atoms with Crippen LogP contribution in [0.5, 0.6) is 0 Å². The highest BCUT2D eigenvalue weighted by Gasteiger charge is 2.16. The van der Waals surface area contributed by atoms with Gasteiger partial charge in [0.2, 0.25) is 0 Å². The molecule has 1 saturated heterocycles. The number of ether oxygens (including phenoxy) is 2. The van der Waals surface area contributed by atoms with E-state index in [1.54, 1.807) is 0 Å². The van der Waals surface area contributed by atoms with Gasteiger partial charge in [0.1, 0.15) is 6.10 Å². The highest BCUT2D eigenvalue weighted by molar-refractivity contribution is 5.69. The summed E-state index contributed by atoms with van der Waals surface area (Å²) in [5.41, 5.74) is 0. The second-order valence-corrected chi connectivity index (χ2v) is 19.9. The molecule has 1 aliphatic heterocycles. The predicted molar refractivity (Wildman–Crippen MR) is 269 cm³/mol. The van der Waals surface area contributed by atoms with Crippen molar-refractivity contribution < 1.29 is 19.1 Å². The third kappa shape index (κ3) is 39.2. The molecule has 0 atom stereocenters. The van der Waals surface area contributed by atoms with Gasteiger partial charge in [0, 0.05) is 12.8 Å². The quantitative estimate of drug-likeness (QED) is 0.0448. The van der Waals surface area contributed by atoms with Crippen LogP contribution in [-0.4, -0.2) is 73.7 Å². The van der Waals surface area contributed by atoms with E-state index in [4.69, 9.17) is 9.47 Å². The summed E-state index contributed by atoms with van der Waals surface area (Å²) in [7, 11) is 0. The maximum atomic E-state index is 12.9. The molecule has 0 amide bonds. The molecular formula is C56H110N2O4. The maximum Gasteiger partial charge on any atom is 0.306 e. The van der Waals surface area contributed by atoms with Gasteiger partial charge in [-0.05, 0) is 129 Å². The molecule has 0 N–H and O–H groups in total. The molecule has 1 fully saturated rings. The topological polar surface area (TPSA) is 59.1 Å². The van der Waals surface area contributed by atoms with E-state index in [9.17, 15) is 9.59 Å². The Morgan fingerprint density at radius 3 is 1.34 bits per heavy atom. The Hall–Kier alpha value is -1.14. The summed E-state index contributed by atoms with van der Waals surface area (Å²) in [6.45, 7) is 17.2. The van der Waals surface area contributed by atoms with Crippen LogP contribution in [0.2, 0.25) is 0 Å². The van der Waals surface area contributed by atoms with E-state index in [-0.39, 0.29) is 18.0 Å². The van der Waals surface area contributed by atoms with Crippen LogP contribution in [0.15, 0.2) is 0 Å². The third-order valence-electron chi connectivity index (χ3n) is 13.9. The molecule has 0 aliphatic carbocycles. The van der Waals surface area contributed by atoms with Gasteiger partial charge in [-0.1, -0.05) is 195 Å². The van der Waals surface area contributed by atoms with Gasteiger partial charge < -0.3 is 19.3 Å². The Labute approximate surface area is 388 Å². The second-order valence-electron chi connectivity index (χ2n) is 19.9. The minimum Gasteiger partial charge on any atom is -0.466 e. The lowest BCUT2D eigenvalue weighted by atomic mass is 9.91. The van der Waals surface area contributed by atoms with Crippen LogP contribution in [0, 0.1) is 5.92 Å². The van der Waals surface area contributed by atoms with Crippen molar-refractivity contribution in [3.8, 4) is 0 Å². The number of hydrogen-bond donors (Lipinski definition) is 0. The lowest BCUT2D eigenvalue weighted by molar-refractivity contribution is -0.150. The Morgan fingerprint density at radius 2 is 0.823 bits per heavy atom. The minimum absolute atomic E-state index is 0.0165. The Balaban J connectivity index is 2.28. The molecule has 0 aromatic carbocycles. The number of carbonyl (C=O) groups is 2. The fourth-order valence-corrected chi connectivity index (χ4v) is 9.72. The lowest BCUT2D eigenvalue weighted by Crippen LogP contribution is -2.30. The number of unbranched alkanes of at least 4 members (excludes halogenated alkanes) is 24. The molecule has 0 spiro atoms. The fourth-order valence-electron chi connectivity index (χ4n) is 9.72. The van der Waals surface area contributed by atoms with E-state index in [0.29, 0.717) is 19.4 Å². The summed E-state index contributed by atoms with van der Waals surface area (Å²) in [4.78, 5) is 30.7. The van der Waals surface area contributed by atoms with Crippen molar-refractivity contribution in [1.29, 1.82) is 0 Å². The van der Waals surface area contributed by atoms with Gasteiger partial charge >= 0.3 is 11.9 Å². The fraction of sp³-hybridized carbons (Fsp3) is 0.964. The van der Waals surface area contributed by atoms with E-state index in [2.05, 4.69) is 37.5 Å². The highest BCUT2D eigenvalue weighted by atomic mass is 16.5. The molecule has 368 valence electrons. The first-order valence-electron chi connectivity index (χ1n) is 28.3. The molecule has 0 aromatic heterocycles. The molecule has 0 unspecified atom stereocenters. The zero-order valence-corrected chi connectivity index (χ0v) is 42.6. The van der Waals surface area contributed by atoms with E-state index in [1.165, 1.54) is 245 Å². The van der Waals surface area contributed by atoms with Crippen molar-refractivity contribution >= 4 is 11.9 Å². The summed E-state index contributed by atoms with van der Waals surface area (Å²) < 4.78 is 11.8. The van der Waals surface area contributed by atoms with Gasteiger partial charge in [0.25, 0.3) is 0 Å². The molecule has 6 nitrogen and oxygen atoms in total. The Morgan fingerprint density at radius 1 is 0.435 bits per heavy atom. The van der Waals surface area contributed by atoms with Crippen molar-refractivity contribution in [2.24, 2.45) is 5.92 Å². The van der Waals surface area contributed by atoms with Crippen LogP contribution in [-0.2, 0) is 19.1 Å². The molecule has 1 aliphatic rings. The van der Waals surface area contributed by atoms with Gasteiger partial charge in [-0.2, -0.15) is 0 Å². The summed E-state index contributed by atoms with van der Waals surface area (Å²) in [6, 6.07) is 0. The van der Waals surface area contributed by atoms with Gasteiger partial charge in [0.05, 0.1) is 6.61 Å². The number of carbonyl (C=O) groups excluding carboxylic acids is 2. The van der Waals surface area contributed by atoms with E-state index < -0.39 is 0 Å². The second kappa shape index (κ2) is 46.4. The molecule has 62 heavy (non-hydrogen) atoms. The van der Waals surface area contributed by atoms with Crippen molar-refractivity contribution in [3.63, 3.8) is 0 Å².